The van der Waals surface area contributed by atoms with Crippen LogP contribution in [0.15, 0.2) is 0 Å². The lowest BCUT2D eigenvalue weighted by atomic mass is 10.4. The van der Waals surface area contributed by atoms with Gasteiger partial charge in [-0.05, 0) is 6.92 Å². The summed E-state index contributed by atoms with van der Waals surface area (Å²) in [6, 6.07) is 0. The predicted octanol–water partition coefficient (Wildman–Crippen LogP) is -0.110. The van der Waals surface area contributed by atoms with Crippen molar-refractivity contribution in [2.24, 2.45) is 0 Å². The molecule has 0 unspecified atom stereocenters. The van der Waals surface area contributed by atoms with Crippen molar-refractivity contribution in [3.8, 4) is 0 Å². The fourth-order valence-electron chi connectivity index (χ4n) is 0.994. The van der Waals surface area contributed by atoms with Gasteiger partial charge < -0.3 is 10.0 Å². The number of rotatable bonds is 0. The highest BCUT2D eigenvalue weighted by Gasteiger charge is 2.18. The third kappa shape index (κ3) is 2.36. The fourth-order valence-corrected chi connectivity index (χ4v) is 0.994. The van der Waals surface area contributed by atoms with E-state index >= 15 is 0 Å². The van der Waals surface area contributed by atoms with Crippen LogP contribution in [0.2, 0.25) is 0 Å². The van der Waals surface area contributed by atoms with E-state index in [9.17, 15) is 4.79 Å². The number of nitrogens with one attached hydrogen (secondary N) is 1. The number of carbonyl (C=O) groups is 1. The van der Waals surface area contributed by atoms with Crippen LogP contribution in [-0.2, 0) is 4.84 Å². The molecule has 0 bridgehead atoms. The van der Waals surface area contributed by atoms with Crippen LogP contribution in [0.4, 0.5) is 4.79 Å². The number of nitrogens with zero attached hydrogens (tertiary/aromatic N) is 1. The molecule has 0 saturated carbocycles. The van der Waals surface area contributed by atoms with Crippen LogP contribution in [-0.4, -0.2) is 41.8 Å². The van der Waals surface area contributed by atoms with Crippen LogP contribution in [0.5, 0.6) is 0 Å². The summed E-state index contributed by atoms with van der Waals surface area (Å²) in [6.45, 7) is 3.30. The minimum Gasteiger partial charge on any atom is -0.465 e. The zero-order valence-corrected chi connectivity index (χ0v) is 6.41. The minimum atomic E-state index is -0.885. The largest absolute Gasteiger partial charge is 0.465 e. The monoisotopic (exact) mass is 160 g/mol. The van der Waals surface area contributed by atoms with Gasteiger partial charge in [0.25, 0.3) is 0 Å². The molecule has 1 aliphatic heterocycles. The first-order valence-corrected chi connectivity index (χ1v) is 3.56. The van der Waals surface area contributed by atoms with Crippen molar-refractivity contribution in [1.82, 2.24) is 10.4 Å². The molecule has 1 rings (SSSR count). The topological polar surface area (TPSA) is 61.8 Å². The molecule has 0 aromatic heterocycles. The summed E-state index contributed by atoms with van der Waals surface area (Å²) in [4.78, 5) is 16.9. The van der Waals surface area contributed by atoms with Crippen LogP contribution in [0.25, 0.3) is 0 Å². The number of carboxylic acid groups (broad SMARTS) is 1. The summed E-state index contributed by atoms with van der Waals surface area (Å²) in [5.74, 6) is 0. The van der Waals surface area contributed by atoms with Gasteiger partial charge in [-0.2, -0.15) is 0 Å². The Balaban J connectivity index is 2.45. The Morgan fingerprint density at radius 3 is 3.18 bits per heavy atom. The molecule has 2 N–H and O–H groups in total. The van der Waals surface area contributed by atoms with Crippen LogP contribution in [0.1, 0.15) is 6.92 Å². The fraction of sp³-hybridized carbons (Fsp3) is 0.833. The lowest BCUT2D eigenvalue weighted by Gasteiger charge is -2.16. The maximum absolute atomic E-state index is 10.5. The zero-order valence-electron chi connectivity index (χ0n) is 6.41. The molecule has 5 nitrogen and oxygen atoms in total. The van der Waals surface area contributed by atoms with Crippen molar-refractivity contribution < 1.29 is 14.7 Å². The second-order valence-electron chi connectivity index (χ2n) is 2.55. The zero-order chi connectivity index (χ0) is 8.27. The highest BCUT2D eigenvalue weighted by molar-refractivity contribution is 5.64. The molecule has 0 aromatic carbocycles. The lowest BCUT2D eigenvalue weighted by molar-refractivity contribution is -0.00458. The summed E-state index contributed by atoms with van der Waals surface area (Å²) >= 11 is 0. The molecule has 0 aromatic rings. The van der Waals surface area contributed by atoms with Crippen LogP contribution in [0.3, 0.4) is 0 Å². The summed E-state index contributed by atoms with van der Waals surface area (Å²) in [5.41, 5.74) is 2.68. The third-order valence-electron chi connectivity index (χ3n) is 1.52. The van der Waals surface area contributed by atoms with Crippen molar-refractivity contribution in [3.05, 3.63) is 0 Å². The van der Waals surface area contributed by atoms with Gasteiger partial charge in [-0.15, -0.1) is 0 Å². The van der Waals surface area contributed by atoms with E-state index in [1.54, 1.807) is 0 Å². The lowest BCUT2D eigenvalue weighted by Crippen LogP contribution is -2.35. The van der Waals surface area contributed by atoms with E-state index in [-0.39, 0.29) is 6.10 Å². The maximum Gasteiger partial charge on any atom is 0.407 e. The van der Waals surface area contributed by atoms with Crippen molar-refractivity contribution in [2.45, 2.75) is 13.0 Å². The number of hydrogen-bond donors (Lipinski definition) is 2. The molecule has 0 spiro atoms. The Kier molecular flexibility index (Phi) is 2.67. The van der Waals surface area contributed by atoms with Gasteiger partial charge in [-0.25, -0.2) is 10.3 Å². The SMILES string of the molecule is C[C@H]1CN(C(=O)O)CCNO1. The quantitative estimate of drug-likeness (QED) is 0.519. The van der Waals surface area contributed by atoms with Gasteiger partial charge in [0.05, 0.1) is 12.6 Å². The van der Waals surface area contributed by atoms with E-state index in [0.29, 0.717) is 19.6 Å². The van der Waals surface area contributed by atoms with Gasteiger partial charge >= 0.3 is 6.09 Å². The number of amides is 1. The first-order valence-electron chi connectivity index (χ1n) is 3.56. The van der Waals surface area contributed by atoms with Crippen LogP contribution in [0, 0.1) is 0 Å². The Morgan fingerprint density at radius 1 is 1.82 bits per heavy atom. The standard InChI is InChI=1S/C6H12N2O3/c1-5-4-8(6(9)10)3-2-7-11-5/h5,7H,2-4H2,1H3,(H,9,10)/t5-/m0/s1. The molecule has 64 valence electrons. The molecular weight excluding hydrogens is 148 g/mol. The highest BCUT2D eigenvalue weighted by atomic mass is 16.7. The summed E-state index contributed by atoms with van der Waals surface area (Å²) < 4.78 is 0. The Labute approximate surface area is 64.9 Å². The van der Waals surface area contributed by atoms with Gasteiger partial charge in [0.2, 0.25) is 0 Å². The predicted molar refractivity (Wildman–Crippen MR) is 38.1 cm³/mol. The Morgan fingerprint density at radius 2 is 2.55 bits per heavy atom. The van der Waals surface area contributed by atoms with Crippen molar-refractivity contribution in [1.29, 1.82) is 0 Å². The van der Waals surface area contributed by atoms with Gasteiger partial charge in [0.1, 0.15) is 0 Å². The summed E-state index contributed by atoms with van der Waals surface area (Å²) in [6.07, 6.45) is -0.960. The molecule has 0 radical (unpaired) electrons. The smallest absolute Gasteiger partial charge is 0.407 e. The average Bonchev–Trinajstić information content (AvgIpc) is 2.13. The van der Waals surface area contributed by atoms with Gasteiger partial charge in [-0.1, -0.05) is 0 Å². The van der Waals surface area contributed by atoms with E-state index in [1.807, 2.05) is 6.92 Å². The Bertz CT molecular complexity index is 151. The highest BCUT2D eigenvalue weighted by Crippen LogP contribution is 1.98. The molecule has 11 heavy (non-hydrogen) atoms. The van der Waals surface area contributed by atoms with Crippen LogP contribution < -0.4 is 5.48 Å². The second kappa shape index (κ2) is 3.54. The van der Waals surface area contributed by atoms with Crippen molar-refractivity contribution in [3.63, 3.8) is 0 Å². The van der Waals surface area contributed by atoms with Crippen LogP contribution >= 0.6 is 0 Å². The molecule has 0 aliphatic carbocycles. The van der Waals surface area contributed by atoms with Gasteiger partial charge in [0.15, 0.2) is 0 Å². The van der Waals surface area contributed by atoms with E-state index in [4.69, 9.17) is 9.94 Å². The molecule has 1 heterocycles. The Hall–Kier alpha value is -0.810. The minimum absolute atomic E-state index is 0.0754. The van der Waals surface area contributed by atoms with Gasteiger partial charge in [-0.3, -0.25) is 4.84 Å². The molecule has 1 aliphatic rings. The third-order valence-corrected chi connectivity index (χ3v) is 1.52. The van der Waals surface area contributed by atoms with Crippen molar-refractivity contribution >= 4 is 6.09 Å². The molecular formula is C6H12N2O3. The molecule has 1 saturated heterocycles. The second-order valence-corrected chi connectivity index (χ2v) is 2.55. The molecule has 1 amide bonds. The number of hydroxylamine groups is 1. The first-order chi connectivity index (χ1) is 5.20. The molecule has 5 heteroatoms. The van der Waals surface area contributed by atoms with Gasteiger partial charge in [0, 0.05) is 13.1 Å². The first kappa shape index (κ1) is 8.29. The van der Waals surface area contributed by atoms with E-state index in [1.165, 1.54) is 4.90 Å². The summed E-state index contributed by atoms with van der Waals surface area (Å²) in [7, 11) is 0. The number of hydrogen-bond acceptors (Lipinski definition) is 3. The normalized spacial score (nSPS) is 26.3. The van der Waals surface area contributed by atoms with E-state index < -0.39 is 6.09 Å². The molecule has 1 atom stereocenters. The summed E-state index contributed by atoms with van der Waals surface area (Å²) in [5, 5.41) is 8.62. The maximum atomic E-state index is 10.5. The average molecular weight is 160 g/mol. The van der Waals surface area contributed by atoms with E-state index in [2.05, 4.69) is 5.48 Å². The van der Waals surface area contributed by atoms with E-state index in [0.717, 1.165) is 0 Å². The van der Waals surface area contributed by atoms with Crippen molar-refractivity contribution in [2.75, 3.05) is 19.6 Å². The molecule has 1 fully saturated rings.